The topological polar surface area (TPSA) is 18.5 Å². The molecule has 0 spiro atoms. The molecular formula is C7H15O2P. The van der Waals surface area contributed by atoms with E-state index < -0.39 is 8.38 Å². The Hall–Kier alpha value is 0.0900. The summed E-state index contributed by atoms with van der Waals surface area (Å²) in [6.07, 6.45) is 5.08. The van der Waals surface area contributed by atoms with Crippen LogP contribution in [0.15, 0.2) is 12.7 Å². The van der Waals surface area contributed by atoms with Gasteiger partial charge in [-0.1, -0.05) is 6.08 Å². The minimum atomic E-state index is -0.616. The Morgan fingerprint density at radius 2 is 2.00 bits per heavy atom. The van der Waals surface area contributed by atoms with Crippen molar-refractivity contribution in [1.82, 2.24) is 0 Å². The average molecular weight is 162 g/mol. The highest BCUT2D eigenvalue weighted by Gasteiger charge is 2.03. The van der Waals surface area contributed by atoms with Crippen molar-refractivity contribution in [3.05, 3.63) is 12.7 Å². The summed E-state index contributed by atoms with van der Waals surface area (Å²) >= 11 is 0. The Morgan fingerprint density at radius 1 is 1.40 bits per heavy atom. The molecule has 10 heavy (non-hydrogen) atoms. The van der Waals surface area contributed by atoms with Crippen molar-refractivity contribution in [3.63, 3.8) is 0 Å². The van der Waals surface area contributed by atoms with Gasteiger partial charge in [0.05, 0.1) is 0 Å². The van der Waals surface area contributed by atoms with E-state index in [1.807, 2.05) is 6.08 Å². The standard InChI is InChI=1S/C7H15O2P/c1-4-5-6-7-10(8-2)9-3/h4H,1,5-7H2,2-3H3. The molecule has 0 saturated heterocycles. The molecule has 0 atom stereocenters. The zero-order valence-corrected chi connectivity index (χ0v) is 7.56. The number of rotatable bonds is 6. The summed E-state index contributed by atoms with van der Waals surface area (Å²) in [7, 11) is 2.75. The molecule has 0 heterocycles. The SMILES string of the molecule is C=CCCCP(OC)OC. The van der Waals surface area contributed by atoms with Crippen LogP contribution in [-0.2, 0) is 9.05 Å². The lowest BCUT2D eigenvalue weighted by molar-refractivity contribution is 0.339. The molecule has 0 aliphatic rings. The van der Waals surface area contributed by atoms with Crippen LogP contribution < -0.4 is 0 Å². The molecule has 0 rings (SSSR count). The van der Waals surface area contributed by atoms with Gasteiger partial charge in [0.25, 0.3) is 0 Å². The second kappa shape index (κ2) is 7.20. The first-order valence-electron chi connectivity index (χ1n) is 3.31. The normalized spacial score (nSPS) is 10.3. The molecule has 0 aromatic rings. The summed E-state index contributed by atoms with van der Waals surface area (Å²) < 4.78 is 10.1. The Morgan fingerprint density at radius 3 is 2.40 bits per heavy atom. The number of hydrogen-bond donors (Lipinski definition) is 0. The van der Waals surface area contributed by atoms with Gasteiger partial charge in [0, 0.05) is 20.4 Å². The number of allylic oxidation sites excluding steroid dienone is 1. The van der Waals surface area contributed by atoms with Crippen molar-refractivity contribution in [3.8, 4) is 0 Å². The van der Waals surface area contributed by atoms with Crippen LogP contribution in [0.4, 0.5) is 0 Å². The second-order valence-corrected chi connectivity index (χ2v) is 3.70. The van der Waals surface area contributed by atoms with Crippen molar-refractivity contribution in [2.24, 2.45) is 0 Å². The zero-order chi connectivity index (χ0) is 7.82. The van der Waals surface area contributed by atoms with Crippen LogP contribution in [0, 0.1) is 0 Å². The molecule has 0 radical (unpaired) electrons. The second-order valence-electron chi connectivity index (χ2n) is 1.85. The van der Waals surface area contributed by atoms with Crippen LogP contribution in [0.3, 0.4) is 0 Å². The molecule has 0 aromatic carbocycles. The molecule has 0 aliphatic carbocycles. The van der Waals surface area contributed by atoms with Gasteiger partial charge in [-0.25, -0.2) is 0 Å². The molecule has 0 fully saturated rings. The first-order chi connectivity index (χ1) is 4.85. The van der Waals surface area contributed by atoms with Gasteiger partial charge in [-0.05, 0) is 12.8 Å². The van der Waals surface area contributed by atoms with Gasteiger partial charge < -0.3 is 9.05 Å². The average Bonchev–Trinajstić information content (AvgIpc) is 1.99. The third-order valence-corrected chi connectivity index (χ3v) is 2.65. The molecule has 0 saturated carbocycles. The molecular weight excluding hydrogens is 147 g/mol. The first-order valence-corrected chi connectivity index (χ1v) is 4.68. The highest BCUT2D eigenvalue weighted by atomic mass is 31.2. The van der Waals surface area contributed by atoms with E-state index in [9.17, 15) is 0 Å². The Labute approximate surface area is 64.1 Å². The molecule has 0 aliphatic heterocycles. The summed E-state index contributed by atoms with van der Waals surface area (Å²) in [5, 5.41) is 0. The van der Waals surface area contributed by atoms with Gasteiger partial charge in [-0.3, -0.25) is 0 Å². The molecule has 0 amide bonds. The van der Waals surface area contributed by atoms with Crippen molar-refractivity contribution in [2.75, 3.05) is 20.4 Å². The molecule has 0 unspecified atom stereocenters. The zero-order valence-electron chi connectivity index (χ0n) is 6.67. The van der Waals surface area contributed by atoms with Gasteiger partial charge in [0.1, 0.15) is 0 Å². The summed E-state index contributed by atoms with van der Waals surface area (Å²) in [6, 6.07) is 0. The molecule has 0 bridgehead atoms. The largest absolute Gasteiger partial charge is 0.337 e. The van der Waals surface area contributed by atoms with E-state index in [1.165, 1.54) is 0 Å². The highest BCUT2D eigenvalue weighted by molar-refractivity contribution is 7.47. The van der Waals surface area contributed by atoms with Gasteiger partial charge in [-0.15, -0.1) is 6.58 Å². The van der Waals surface area contributed by atoms with Gasteiger partial charge in [-0.2, -0.15) is 0 Å². The van der Waals surface area contributed by atoms with Crippen LogP contribution >= 0.6 is 8.38 Å². The Balaban J connectivity index is 3.16. The predicted octanol–water partition coefficient (Wildman–Crippen LogP) is 2.56. The van der Waals surface area contributed by atoms with Crippen LogP contribution in [0.2, 0.25) is 0 Å². The third-order valence-electron chi connectivity index (χ3n) is 1.16. The van der Waals surface area contributed by atoms with E-state index in [4.69, 9.17) is 9.05 Å². The lowest BCUT2D eigenvalue weighted by atomic mass is 10.3. The minimum absolute atomic E-state index is 0.616. The minimum Gasteiger partial charge on any atom is -0.337 e. The van der Waals surface area contributed by atoms with Gasteiger partial charge >= 0.3 is 0 Å². The summed E-state index contributed by atoms with van der Waals surface area (Å²) in [5.41, 5.74) is 0. The molecule has 2 nitrogen and oxygen atoms in total. The van der Waals surface area contributed by atoms with E-state index in [0.29, 0.717) is 0 Å². The van der Waals surface area contributed by atoms with E-state index in [2.05, 4.69) is 6.58 Å². The van der Waals surface area contributed by atoms with Crippen molar-refractivity contribution in [1.29, 1.82) is 0 Å². The number of hydrogen-bond acceptors (Lipinski definition) is 2. The summed E-state index contributed by atoms with van der Waals surface area (Å²) in [6.45, 7) is 3.63. The Kier molecular flexibility index (Phi) is 7.26. The van der Waals surface area contributed by atoms with Crippen LogP contribution in [0.1, 0.15) is 12.8 Å². The Bertz CT molecular complexity index is 81.7. The van der Waals surface area contributed by atoms with Crippen LogP contribution in [0.25, 0.3) is 0 Å². The smallest absolute Gasteiger partial charge is 0.169 e. The van der Waals surface area contributed by atoms with E-state index in [0.717, 1.165) is 19.0 Å². The number of unbranched alkanes of at least 4 members (excludes halogenated alkanes) is 1. The highest BCUT2D eigenvalue weighted by Crippen LogP contribution is 2.36. The van der Waals surface area contributed by atoms with Crippen molar-refractivity contribution < 1.29 is 9.05 Å². The maximum Gasteiger partial charge on any atom is 0.169 e. The van der Waals surface area contributed by atoms with Gasteiger partial charge in [0.15, 0.2) is 8.38 Å². The quantitative estimate of drug-likeness (QED) is 0.339. The lowest BCUT2D eigenvalue weighted by Crippen LogP contribution is -1.87. The first kappa shape index (κ1) is 10.1. The lowest BCUT2D eigenvalue weighted by Gasteiger charge is -2.10. The molecule has 0 N–H and O–H groups in total. The van der Waals surface area contributed by atoms with Crippen LogP contribution in [-0.4, -0.2) is 20.4 Å². The fourth-order valence-corrected chi connectivity index (χ4v) is 1.58. The predicted molar refractivity (Wildman–Crippen MR) is 45.2 cm³/mol. The molecule has 0 aromatic heterocycles. The summed E-state index contributed by atoms with van der Waals surface area (Å²) in [4.78, 5) is 0. The van der Waals surface area contributed by atoms with Gasteiger partial charge in [0.2, 0.25) is 0 Å². The molecule has 3 heteroatoms. The molecule has 60 valence electrons. The van der Waals surface area contributed by atoms with E-state index >= 15 is 0 Å². The third kappa shape index (κ3) is 4.92. The fourth-order valence-electron chi connectivity index (χ4n) is 0.622. The maximum atomic E-state index is 5.05. The summed E-state index contributed by atoms with van der Waals surface area (Å²) in [5.74, 6) is 0. The monoisotopic (exact) mass is 162 g/mol. The van der Waals surface area contributed by atoms with E-state index in [1.54, 1.807) is 14.2 Å². The van der Waals surface area contributed by atoms with Crippen molar-refractivity contribution in [2.45, 2.75) is 12.8 Å². The maximum absolute atomic E-state index is 5.05. The fraction of sp³-hybridized carbons (Fsp3) is 0.714. The van der Waals surface area contributed by atoms with Crippen LogP contribution in [0.5, 0.6) is 0 Å². The van der Waals surface area contributed by atoms with Crippen molar-refractivity contribution >= 4 is 8.38 Å². The van der Waals surface area contributed by atoms with E-state index in [-0.39, 0.29) is 0 Å².